The number of H-pyrrole nitrogens is 1. The van der Waals surface area contributed by atoms with E-state index >= 15 is 0 Å². The van der Waals surface area contributed by atoms with E-state index in [2.05, 4.69) is 15.2 Å². The molecule has 0 aliphatic carbocycles. The molecule has 0 aromatic carbocycles. The third-order valence-electron chi connectivity index (χ3n) is 1.30. The molecule has 0 radical (unpaired) electrons. The Morgan fingerprint density at radius 2 is 2.46 bits per heavy atom. The Morgan fingerprint density at radius 1 is 1.62 bits per heavy atom. The van der Waals surface area contributed by atoms with Crippen LogP contribution in [0.3, 0.4) is 0 Å². The summed E-state index contributed by atoms with van der Waals surface area (Å²) in [6, 6.07) is 5.71. The van der Waals surface area contributed by atoms with Crippen molar-refractivity contribution in [1.29, 1.82) is 0 Å². The van der Waals surface area contributed by atoms with Crippen molar-refractivity contribution < 1.29 is 4.98 Å². The van der Waals surface area contributed by atoms with Crippen LogP contribution < -0.4 is 10.7 Å². The highest BCUT2D eigenvalue weighted by Crippen LogP contribution is 1.91. The van der Waals surface area contributed by atoms with Crippen LogP contribution in [0.25, 0.3) is 0 Å². The second kappa shape index (κ2) is 5.31. The van der Waals surface area contributed by atoms with Crippen LogP contribution in [0.5, 0.6) is 0 Å². The van der Waals surface area contributed by atoms with Gasteiger partial charge in [-0.25, -0.2) is 4.98 Å². The third-order valence-corrected chi connectivity index (χ3v) is 1.80. The first-order valence-corrected chi connectivity index (χ1v) is 4.92. The van der Waals surface area contributed by atoms with Crippen LogP contribution in [0.1, 0.15) is 5.69 Å². The Labute approximate surface area is 81.0 Å². The van der Waals surface area contributed by atoms with Crippen LogP contribution in [0.15, 0.2) is 34.6 Å². The Kier molecular flexibility index (Phi) is 3.98. The average Bonchev–Trinajstić information content (AvgIpc) is 2.19. The van der Waals surface area contributed by atoms with Gasteiger partial charge in [0.05, 0.1) is 0 Å². The van der Waals surface area contributed by atoms with Crippen LogP contribution in [0.2, 0.25) is 0 Å². The zero-order valence-electron chi connectivity index (χ0n) is 7.27. The minimum Gasteiger partial charge on any atom is -0.377 e. The molecule has 0 aliphatic rings. The van der Waals surface area contributed by atoms with Crippen molar-refractivity contribution in [3.05, 3.63) is 30.1 Å². The molecule has 68 valence electrons. The van der Waals surface area contributed by atoms with Crippen molar-refractivity contribution in [3.8, 4) is 0 Å². The molecule has 0 saturated carbocycles. The zero-order chi connectivity index (χ0) is 9.52. The fraction of sp³-hybridized carbons (Fsp3) is 0.125. The van der Waals surface area contributed by atoms with Crippen molar-refractivity contribution in [2.24, 2.45) is 15.9 Å². The third kappa shape index (κ3) is 3.71. The quantitative estimate of drug-likeness (QED) is 0.424. The summed E-state index contributed by atoms with van der Waals surface area (Å²) in [7, 11) is 0. The van der Waals surface area contributed by atoms with E-state index in [-0.39, 0.29) is 0 Å². The number of hydrogen-bond donors (Lipinski definition) is 1. The largest absolute Gasteiger partial charge is 0.377 e. The van der Waals surface area contributed by atoms with Gasteiger partial charge in [0.25, 0.3) is 0 Å². The van der Waals surface area contributed by atoms with E-state index in [1.807, 2.05) is 30.7 Å². The second-order valence-corrected chi connectivity index (χ2v) is 3.03. The van der Waals surface area contributed by atoms with Gasteiger partial charge in [-0.2, -0.15) is 0 Å². The number of thioether (sulfide) groups is 1. The summed E-state index contributed by atoms with van der Waals surface area (Å²) >= 11 is 1.36. The average molecular weight is 195 g/mol. The van der Waals surface area contributed by atoms with E-state index in [0.29, 0.717) is 5.17 Å². The standard InChI is InChI=1S/C8H10N4S/c1-13-8(9)12-11-6-7-4-2-3-5-10-7/h2-6H,1H3,(H2,9,12)/p+1/b11-6-. The molecule has 1 rings (SSSR count). The molecule has 0 fully saturated rings. The van der Waals surface area contributed by atoms with Gasteiger partial charge < -0.3 is 5.73 Å². The molecule has 4 nitrogen and oxygen atoms in total. The Hall–Kier alpha value is -1.36. The highest BCUT2D eigenvalue weighted by atomic mass is 32.2. The Morgan fingerprint density at radius 3 is 3.08 bits per heavy atom. The topological polar surface area (TPSA) is 64.9 Å². The fourth-order valence-electron chi connectivity index (χ4n) is 0.676. The number of nitrogens with zero attached hydrogens (tertiary/aromatic N) is 2. The van der Waals surface area contributed by atoms with E-state index in [4.69, 9.17) is 5.73 Å². The molecule has 1 aromatic heterocycles. The molecular weight excluding hydrogens is 184 g/mol. The molecule has 13 heavy (non-hydrogen) atoms. The highest BCUT2D eigenvalue weighted by Gasteiger charge is 1.91. The second-order valence-electron chi connectivity index (χ2n) is 2.20. The van der Waals surface area contributed by atoms with Gasteiger partial charge in [-0.15, -0.1) is 10.2 Å². The number of nitrogens with two attached hydrogens (primary N) is 1. The van der Waals surface area contributed by atoms with Gasteiger partial charge >= 0.3 is 0 Å². The number of aromatic nitrogens is 1. The summed E-state index contributed by atoms with van der Waals surface area (Å²) in [5.41, 5.74) is 6.32. The van der Waals surface area contributed by atoms with Crippen molar-refractivity contribution in [2.75, 3.05) is 6.26 Å². The number of nitrogens with one attached hydrogen (secondary N) is 1. The summed E-state index contributed by atoms with van der Waals surface area (Å²) in [5, 5.41) is 7.99. The van der Waals surface area contributed by atoms with Gasteiger partial charge in [-0.3, -0.25) is 0 Å². The molecular formula is C8H11N4S+. The van der Waals surface area contributed by atoms with Crippen LogP contribution in [0, 0.1) is 0 Å². The summed E-state index contributed by atoms with van der Waals surface area (Å²) in [6.07, 6.45) is 5.29. The van der Waals surface area contributed by atoms with E-state index in [1.54, 1.807) is 6.21 Å². The first-order chi connectivity index (χ1) is 6.33. The molecule has 0 atom stereocenters. The summed E-state index contributed by atoms with van der Waals surface area (Å²) < 4.78 is 0. The fourth-order valence-corrected chi connectivity index (χ4v) is 0.805. The van der Waals surface area contributed by atoms with Crippen molar-refractivity contribution in [3.63, 3.8) is 0 Å². The van der Waals surface area contributed by atoms with E-state index in [1.165, 1.54) is 11.8 Å². The Bertz CT molecular complexity index is 307. The molecule has 0 unspecified atom stereocenters. The molecule has 1 heterocycles. The van der Waals surface area contributed by atoms with E-state index in [9.17, 15) is 0 Å². The monoisotopic (exact) mass is 195 g/mol. The van der Waals surface area contributed by atoms with Gasteiger partial charge in [0, 0.05) is 12.1 Å². The maximum absolute atomic E-state index is 5.43. The molecule has 0 amide bonds. The van der Waals surface area contributed by atoms with Crippen molar-refractivity contribution in [1.82, 2.24) is 0 Å². The predicted octanol–water partition coefficient (Wildman–Crippen LogP) is 0.512. The number of pyridine rings is 1. The van der Waals surface area contributed by atoms with Gasteiger partial charge in [0.15, 0.2) is 11.4 Å². The normalized spacial score (nSPS) is 12.2. The van der Waals surface area contributed by atoms with Crippen LogP contribution >= 0.6 is 11.8 Å². The van der Waals surface area contributed by atoms with Crippen LogP contribution in [-0.2, 0) is 0 Å². The number of amidine groups is 1. The lowest BCUT2D eigenvalue weighted by Crippen LogP contribution is -2.08. The van der Waals surface area contributed by atoms with Crippen molar-refractivity contribution in [2.45, 2.75) is 0 Å². The number of hydrogen-bond acceptors (Lipinski definition) is 3. The number of aromatic amines is 1. The molecule has 1 aromatic rings. The lowest BCUT2D eigenvalue weighted by molar-refractivity contribution is -0.379. The number of rotatable bonds is 2. The molecule has 5 heteroatoms. The highest BCUT2D eigenvalue weighted by molar-refractivity contribution is 8.13. The first kappa shape index (κ1) is 9.73. The molecule has 0 spiro atoms. The predicted molar refractivity (Wildman–Crippen MR) is 55.7 cm³/mol. The zero-order valence-corrected chi connectivity index (χ0v) is 8.08. The lowest BCUT2D eigenvalue weighted by atomic mass is 10.4. The molecule has 0 aliphatic heterocycles. The maximum Gasteiger partial charge on any atom is 0.223 e. The molecule has 0 saturated heterocycles. The summed E-state index contributed by atoms with van der Waals surface area (Å²) in [4.78, 5) is 2.99. The molecule has 0 bridgehead atoms. The van der Waals surface area contributed by atoms with Gasteiger partial charge in [0.2, 0.25) is 5.69 Å². The van der Waals surface area contributed by atoms with E-state index < -0.39 is 0 Å². The SMILES string of the molecule is CS/C(N)=N/N=C\c1cccc[nH+]1. The maximum atomic E-state index is 5.43. The minimum absolute atomic E-state index is 0.451. The lowest BCUT2D eigenvalue weighted by Gasteiger charge is -1.86. The van der Waals surface area contributed by atoms with Gasteiger partial charge in [0.1, 0.15) is 6.21 Å². The van der Waals surface area contributed by atoms with Gasteiger partial charge in [-0.1, -0.05) is 11.8 Å². The van der Waals surface area contributed by atoms with Gasteiger partial charge in [-0.05, 0) is 12.3 Å². The van der Waals surface area contributed by atoms with Crippen LogP contribution in [0.4, 0.5) is 0 Å². The van der Waals surface area contributed by atoms with Crippen molar-refractivity contribution >= 4 is 23.1 Å². The van der Waals surface area contributed by atoms with Crippen LogP contribution in [-0.4, -0.2) is 17.6 Å². The summed E-state index contributed by atoms with van der Waals surface area (Å²) in [5.74, 6) is 0. The smallest absolute Gasteiger partial charge is 0.223 e. The minimum atomic E-state index is 0.451. The first-order valence-electron chi connectivity index (χ1n) is 3.70. The summed E-state index contributed by atoms with van der Waals surface area (Å²) in [6.45, 7) is 0. The molecule has 3 N–H and O–H groups in total. The van der Waals surface area contributed by atoms with E-state index in [0.717, 1.165) is 5.69 Å². The Balaban J connectivity index is 2.60.